The molecule has 1 heterocycles. The van der Waals surface area contributed by atoms with Crippen LogP contribution in [-0.2, 0) is 11.4 Å². The Kier molecular flexibility index (Phi) is 8.47. The number of rotatable bonds is 8. The normalized spacial score (nSPS) is 13.5. The van der Waals surface area contributed by atoms with Crippen LogP contribution in [0.15, 0.2) is 66.7 Å². The quantitative estimate of drug-likeness (QED) is 0.251. The topological polar surface area (TPSA) is 130 Å². The first-order valence-electron chi connectivity index (χ1n) is 12.5. The summed E-state index contributed by atoms with van der Waals surface area (Å²) in [5, 5.41) is 13.4. The van der Waals surface area contributed by atoms with Crippen molar-refractivity contribution in [3.8, 4) is 11.5 Å². The number of nitrogens with two attached hydrogens (primary N) is 1. The van der Waals surface area contributed by atoms with Gasteiger partial charge in [0.05, 0.1) is 5.69 Å². The molecule has 0 aliphatic carbocycles. The molecule has 0 bridgehead atoms. The number of nitrogen functional groups attached to an aromatic ring is 1. The number of hydrogen-bond acceptors (Lipinski definition) is 5. The summed E-state index contributed by atoms with van der Waals surface area (Å²) in [5.41, 5.74) is 9.00. The van der Waals surface area contributed by atoms with Gasteiger partial charge in [0.15, 0.2) is 0 Å². The number of nitrogens with one attached hydrogen (secondary N) is 3. The lowest BCUT2D eigenvalue weighted by Gasteiger charge is -2.31. The van der Waals surface area contributed by atoms with Crippen LogP contribution in [0.5, 0.6) is 11.5 Å². The molecule has 4 rings (SSSR count). The van der Waals surface area contributed by atoms with E-state index in [0.717, 1.165) is 29.7 Å². The van der Waals surface area contributed by atoms with Crippen LogP contribution in [0.4, 0.5) is 16.2 Å². The van der Waals surface area contributed by atoms with Gasteiger partial charge < -0.3 is 30.7 Å². The van der Waals surface area contributed by atoms with Gasteiger partial charge in [-0.25, -0.2) is 4.79 Å². The van der Waals surface area contributed by atoms with E-state index in [4.69, 9.17) is 20.6 Å². The SMILES string of the molecule is CC(=O)N1CCC(Oc2ccc(NC(=O)Nc3cc(C(=N)N)ccc3OCc3ccccc3)c(C)c2)CC1. The van der Waals surface area contributed by atoms with Crippen molar-refractivity contribution in [3.63, 3.8) is 0 Å². The monoisotopic (exact) mass is 515 g/mol. The lowest BCUT2D eigenvalue weighted by molar-refractivity contribution is -0.130. The number of likely N-dealkylation sites (tertiary alicyclic amines) is 1. The van der Waals surface area contributed by atoms with Crippen LogP contribution >= 0.6 is 0 Å². The Morgan fingerprint density at radius 3 is 2.37 bits per heavy atom. The number of aryl methyl sites for hydroxylation is 1. The van der Waals surface area contributed by atoms with Gasteiger partial charge in [-0.2, -0.15) is 0 Å². The molecule has 1 fully saturated rings. The predicted octanol–water partition coefficient (Wildman–Crippen LogP) is 4.89. The van der Waals surface area contributed by atoms with Gasteiger partial charge in [0.25, 0.3) is 0 Å². The molecule has 0 atom stereocenters. The van der Waals surface area contributed by atoms with Gasteiger partial charge in [-0.1, -0.05) is 30.3 Å². The molecule has 1 saturated heterocycles. The van der Waals surface area contributed by atoms with Gasteiger partial charge in [-0.3, -0.25) is 10.2 Å². The van der Waals surface area contributed by atoms with Gasteiger partial charge >= 0.3 is 6.03 Å². The molecule has 0 saturated carbocycles. The highest BCUT2D eigenvalue weighted by molar-refractivity contribution is 6.03. The van der Waals surface area contributed by atoms with E-state index in [1.807, 2.05) is 54.3 Å². The number of amidine groups is 1. The second kappa shape index (κ2) is 12.1. The number of nitrogens with zero attached hydrogens (tertiary/aromatic N) is 1. The van der Waals surface area contributed by atoms with E-state index in [9.17, 15) is 9.59 Å². The van der Waals surface area contributed by atoms with Gasteiger partial charge in [-0.05, 0) is 54.4 Å². The molecule has 0 spiro atoms. The maximum atomic E-state index is 12.9. The summed E-state index contributed by atoms with van der Waals surface area (Å²) in [6, 6.07) is 19.7. The first-order chi connectivity index (χ1) is 18.3. The van der Waals surface area contributed by atoms with Crippen molar-refractivity contribution in [2.75, 3.05) is 23.7 Å². The smallest absolute Gasteiger partial charge is 0.323 e. The highest BCUT2D eigenvalue weighted by Gasteiger charge is 2.22. The molecule has 3 aromatic carbocycles. The van der Waals surface area contributed by atoms with Crippen molar-refractivity contribution in [2.24, 2.45) is 5.73 Å². The molecule has 0 radical (unpaired) electrons. The summed E-state index contributed by atoms with van der Waals surface area (Å²) < 4.78 is 12.1. The summed E-state index contributed by atoms with van der Waals surface area (Å²) in [4.78, 5) is 26.3. The van der Waals surface area contributed by atoms with Crippen LogP contribution in [-0.4, -0.2) is 41.9 Å². The van der Waals surface area contributed by atoms with Crippen molar-refractivity contribution >= 4 is 29.1 Å². The highest BCUT2D eigenvalue weighted by atomic mass is 16.5. The van der Waals surface area contributed by atoms with E-state index in [1.54, 1.807) is 31.2 Å². The Hall–Kier alpha value is -4.53. The Bertz CT molecular complexity index is 1300. The number of carbonyl (C=O) groups excluding carboxylic acids is 2. The van der Waals surface area contributed by atoms with E-state index < -0.39 is 6.03 Å². The van der Waals surface area contributed by atoms with Gasteiger partial charge in [-0.15, -0.1) is 0 Å². The standard InChI is InChI=1S/C29H33N5O4/c1-19-16-24(38-23-12-14-34(15-13-23)20(2)35)9-10-25(19)32-29(36)33-26-17-22(28(30)31)8-11-27(26)37-18-21-6-4-3-5-7-21/h3-11,16-17,23H,12-15,18H2,1-2H3,(H3,30,31)(H2,32,33,36). The minimum atomic E-state index is -0.455. The number of urea groups is 1. The van der Waals surface area contributed by atoms with E-state index in [2.05, 4.69) is 10.6 Å². The molecule has 9 nitrogen and oxygen atoms in total. The van der Waals surface area contributed by atoms with Crippen LogP contribution in [0.3, 0.4) is 0 Å². The molecule has 38 heavy (non-hydrogen) atoms. The minimum Gasteiger partial charge on any atom is -0.490 e. The number of hydrogen-bond donors (Lipinski definition) is 4. The van der Waals surface area contributed by atoms with Crippen LogP contribution in [0.2, 0.25) is 0 Å². The summed E-state index contributed by atoms with van der Waals surface area (Å²) >= 11 is 0. The third kappa shape index (κ3) is 7.03. The van der Waals surface area contributed by atoms with Crippen molar-refractivity contribution in [2.45, 2.75) is 39.4 Å². The Balaban J connectivity index is 1.39. The van der Waals surface area contributed by atoms with Crippen LogP contribution < -0.4 is 25.8 Å². The third-order valence-electron chi connectivity index (χ3n) is 6.41. The number of anilines is 2. The van der Waals surface area contributed by atoms with Crippen molar-refractivity contribution in [3.05, 3.63) is 83.4 Å². The van der Waals surface area contributed by atoms with E-state index in [1.165, 1.54) is 0 Å². The van der Waals surface area contributed by atoms with Crippen LogP contribution in [0.1, 0.15) is 36.5 Å². The number of ether oxygens (including phenoxy) is 2. The molecule has 9 heteroatoms. The fourth-order valence-corrected chi connectivity index (χ4v) is 4.26. The fourth-order valence-electron chi connectivity index (χ4n) is 4.26. The van der Waals surface area contributed by atoms with Gasteiger partial charge in [0.1, 0.15) is 30.0 Å². The maximum Gasteiger partial charge on any atom is 0.323 e. The van der Waals surface area contributed by atoms with Crippen LogP contribution in [0.25, 0.3) is 0 Å². The zero-order chi connectivity index (χ0) is 27.1. The first-order valence-corrected chi connectivity index (χ1v) is 12.5. The lowest BCUT2D eigenvalue weighted by atomic mass is 10.1. The van der Waals surface area contributed by atoms with E-state index in [0.29, 0.717) is 42.4 Å². The number of benzene rings is 3. The molecule has 3 amide bonds. The molecule has 0 aromatic heterocycles. The Morgan fingerprint density at radius 2 is 1.71 bits per heavy atom. The summed E-state index contributed by atoms with van der Waals surface area (Å²) in [6.07, 6.45) is 1.62. The minimum absolute atomic E-state index is 0.0509. The number of amides is 3. The number of carbonyl (C=O) groups is 2. The average Bonchev–Trinajstić information content (AvgIpc) is 2.90. The zero-order valence-electron chi connectivity index (χ0n) is 21.6. The van der Waals surface area contributed by atoms with Crippen molar-refractivity contribution in [1.82, 2.24) is 4.90 Å². The highest BCUT2D eigenvalue weighted by Crippen LogP contribution is 2.28. The molecule has 1 aliphatic rings. The van der Waals surface area contributed by atoms with Gasteiger partial charge in [0.2, 0.25) is 5.91 Å². The first kappa shape index (κ1) is 26.5. The fraction of sp³-hybridized carbons (Fsp3) is 0.276. The Labute approximate surface area is 222 Å². The third-order valence-corrected chi connectivity index (χ3v) is 6.41. The maximum absolute atomic E-state index is 12.9. The van der Waals surface area contributed by atoms with Crippen molar-refractivity contribution in [1.29, 1.82) is 5.41 Å². The summed E-state index contributed by atoms with van der Waals surface area (Å²) in [5.74, 6) is 1.17. The van der Waals surface area contributed by atoms with Gasteiger partial charge in [0, 0.05) is 44.1 Å². The molecule has 3 aromatic rings. The largest absolute Gasteiger partial charge is 0.490 e. The van der Waals surface area contributed by atoms with Crippen LogP contribution in [0, 0.1) is 12.3 Å². The molecule has 0 unspecified atom stereocenters. The second-order valence-electron chi connectivity index (χ2n) is 9.28. The summed E-state index contributed by atoms with van der Waals surface area (Å²) in [7, 11) is 0. The molecule has 5 N–H and O–H groups in total. The van der Waals surface area contributed by atoms with Crippen molar-refractivity contribution < 1.29 is 19.1 Å². The number of piperidine rings is 1. The second-order valence-corrected chi connectivity index (χ2v) is 9.28. The molecule has 1 aliphatic heterocycles. The average molecular weight is 516 g/mol. The molecular weight excluding hydrogens is 482 g/mol. The molecular formula is C29H33N5O4. The lowest BCUT2D eigenvalue weighted by Crippen LogP contribution is -2.40. The predicted molar refractivity (Wildman–Crippen MR) is 148 cm³/mol. The zero-order valence-corrected chi connectivity index (χ0v) is 21.6. The van der Waals surface area contributed by atoms with E-state index in [-0.39, 0.29) is 17.8 Å². The summed E-state index contributed by atoms with van der Waals surface area (Å²) in [6.45, 7) is 5.20. The Morgan fingerprint density at radius 1 is 1.00 bits per heavy atom. The van der Waals surface area contributed by atoms with E-state index >= 15 is 0 Å². The molecule has 198 valence electrons.